The third kappa shape index (κ3) is 2.62. The van der Waals surface area contributed by atoms with E-state index in [1.54, 1.807) is 6.33 Å². The smallest absolute Gasteiger partial charge is 0.138 e. The van der Waals surface area contributed by atoms with Crippen LogP contribution in [0.3, 0.4) is 0 Å². The summed E-state index contributed by atoms with van der Waals surface area (Å²) in [7, 11) is 0. The van der Waals surface area contributed by atoms with E-state index in [0.717, 1.165) is 36.5 Å². The van der Waals surface area contributed by atoms with Gasteiger partial charge in [-0.2, -0.15) is 5.10 Å². The van der Waals surface area contributed by atoms with Gasteiger partial charge in [0, 0.05) is 18.5 Å². The number of aromatic nitrogens is 3. The maximum Gasteiger partial charge on any atom is 0.138 e. The Morgan fingerprint density at radius 3 is 2.75 bits per heavy atom. The van der Waals surface area contributed by atoms with E-state index in [-0.39, 0.29) is 0 Å². The molecule has 0 aromatic carbocycles. The molecule has 2 aliphatic rings. The molecular formula is C16H28N4. The van der Waals surface area contributed by atoms with Gasteiger partial charge in [0.15, 0.2) is 0 Å². The summed E-state index contributed by atoms with van der Waals surface area (Å²) in [6.07, 6.45) is 8.31. The van der Waals surface area contributed by atoms with Gasteiger partial charge >= 0.3 is 0 Å². The number of hydrogen-bond donors (Lipinski definition) is 1. The predicted octanol–water partition coefficient (Wildman–Crippen LogP) is 2.82. The van der Waals surface area contributed by atoms with Crippen molar-refractivity contribution in [2.75, 3.05) is 6.54 Å². The Morgan fingerprint density at radius 2 is 2.10 bits per heavy atom. The molecule has 2 aliphatic carbocycles. The van der Waals surface area contributed by atoms with Crippen LogP contribution in [0.25, 0.3) is 0 Å². The molecule has 3 rings (SSSR count). The maximum absolute atomic E-state index is 4.50. The van der Waals surface area contributed by atoms with Gasteiger partial charge in [-0.25, -0.2) is 9.67 Å². The lowest BCUT2D eigenvalue weighted by atomic mass is 10.0. The molecule has 2 saturated carbocycles. The van der Waals surface area contributed by atoms with E-state index in [9.17, 15) is 0 Å². The number of rotatable bonds is 7. The molecule has 4 heteroatoms. The van der Waals surface area contributed by atoms with Crippen LogP contribution in [0.1, 0.15) is 58.3 Å². The summed E-state index contributed by atoms with van der Waals surface area (Å²) >= 11 is 0. The molecule has 0 aliphatic heterocycles. The third-order valence-electron chi connectivity index (χ3n) is 5.13. The molecule has 1 N–H and O–H groups in total. The van der Waals surface area contributed by atoms with E-state index in [2.05, 4.69) is 40.9 Å². The summed E-state index contributed by atoms with van der Waals surface area (Å²) in [6.45, 7) is 7.72. The van der Waals surface area contributed by atoms with Crippen LogP contribution in [0, 0.1) is 17.8 Å². The molecule has 1 aromatic rings. The average Bonchev–Trinajstić information content (AvgIpc) is 2.86. The molecule has 0 saturated heterocycles. The van der Waals surface area contributed by atoms with E-state index in [1.807, 2.05) is 0 Å². The van der Waals surface area contributed by atoms with E-state index < -0.39 is 0 Å². The van der Waals surface area contributed by atoms with Crippen LogP contribution in [0.4, 0.5) is 0 Å². The minimum atomic E-state index is 0.401. The number of nitrogens with zero attached hydrogens (tertiary/aromatic N) is 3. The highest BCUT2D eigenvalue weighted by Gasteiger charge is 2.55. The zero-order chi connectivity index (χ0) is 14.1. The first-order chi connectivity index (χ1) is 9.72. The highest BCUT2D eigenvalue weighted by molar-refractivity contribution is 5.08. The van der Waals surface area contributed by atoms with E-state index in [1.165, 1.54) is 25.7 Å². The molecule has 3 atom stereocenters. The fourth-order valence-electron chi connectivity index (χ4n) is 4.20. The fraction of sp³-hybridized carbons (Fsp3) is 0.875. The minimum Gasteiger partial charge on any atom is -0.313 e. The van der Waals surface area contributed by atoms with Crippen LogP contribution >= 0.6 is 0 Å². The van der Waals surface area contributed by atoms with Crippen LogP contribution in [0.5, 0.6) is 0 Å². The van der Waals surface area contributed by atoms with Gasteiger partial charge in [-0.15, -0.1) is 0 Å². The van der Waals surface area contributed by atoms with Gasteiger partial charge in [0.1, 0.15) is 12.2 Å². The molecule has 112 valence electrons. The van der Waals surface area contributed by atoms with Crippen molar-refractivity contribution in [2.45, 2.75) is 65.0 Å². The van der Waals surface area contributed by atoms with Gasteiger partial charge in [0.05, 0.1) is 0 Å². The Balaban J connectivity index is 1.68. The first kappa shape index (κ1) is 14.1. The topological polar surface area (TPSA) is 42.7 Å². The Hall–Kier alpha value is -0.900. The Bertz CT molecular complexity index is 429. The van der Waals surface area contributed by atoms with Crippen LogP contribution in [-0.4, -0.2) is 27.4 Å². The molecule has 1 heterocycles. The lowest BCUT2D eigenvalue weighted by Gasteiger charge is -2.21. The second-order valence-corrected chi connectivity index (χ2v) is 6.82. The first-order valence-electron chi connectivity index (χ1n) is 8.34. The lowest BCUT2D eigenvalue weighted by Crippen LogP contribution is -2.36. The van der Waals surface area contributed by atoms with E-state index >= 15 is 0 Å². The second-order valence-electron chi connectivity index (χ2n) is 6.82. The van der Waals surface area contributed by atoms with Crippen molar-refractivity contribution in [3.05, 3.63) is 12.2 Å². The molecule has 0 amide bonds. The number of hydrogen-bond acceptors (Lipinski definition) is 3. The van der Waals surface area contributed by atoms with Crippen LogP contribution in [0.15, 0.2) is 6.33 Å². The highest BCUT2D eigenvalue weighted by Crippen LogP contribution is 2.59. The van der Waals surface area contributed by atoms with E-state index in [0.29, 0.717) is 12.1 Å². The second kappa shape index (κ2) is 5.84. The Morgan fingerprint density at radius 1 is 1.35 bits per heavy atom. The van der Waals surface area contributed by atoms with Crippen LogP contribution < -0.4 is 5.32 Å². The van der Waals surface area contributed by atoms with Gasteiger partial charge in [-0.1, -0.05) is 13.3 Å². The molecule has 4 nitrogen and oxygen atoms in total. The molecule has 20 heavy (non-hydrogen) atoms. The van der Waals surface area contributed by atoms with Gasteiger partial charge in [0.2, 0.25) is 0 Å². The zero-order valence-corrected chi connectivity index (χ0v) is 13.0. The quantitative estimate of drug-likeness (QED) is 0.832. The van der Waals surface area contributed by atoms with Gasteiger partial charge < -0.3 is 5.32 Å². The maximum atomic E-state index is 4.50. The predicted molar refractivity (Wildman–Crippen MR) is 80.5 cm³/mol. The molecule has 2 fully saturated rings. The molecule has 0 radical (unpaired) electrons. The van der Waals surface area contributed by atoms with Crippen molar-refractivity contribution in [3.63, 3.8) is 0 Å². The Labute approximate surface area is 122 Å². The van der Waals surface area contributed by atoms with Crippen molar-refractivity contribution < 1.29 is 0 Å². The summed E-state index contributed by atoms with van der Waals surface area (Å²) in [5.74, 6) is 4.05. The number of nitrogens with one attached hydrogen (secondary N) is 1. The summed E-state index contributed by atoms with van der Waals surface area (Å²) in [5.41, 5.74) is 0. The third-order valence-corrected chi connectivity index (χ3v) is 5.13. The average molecular weight is 276 g/mol. The largest absolute Gasteiger partial charge is 0.313 e. The summed E-state index contributed by atoms with van der Waals surface area (Å²) in [4.78, 5) is 4.50. The molecular weight excluding hydrogens is 248 g/mol. The standard InChI is InChI=1S/C16H28N4/c1-4-8-17-14(16-12-6-5-7-13(12)16)9-15-18-10-19-20(15)11(2)3/h10-14,16-17H,4-9H2,1-3H3. The van der Waals surface area contributed by atoms with Crippen molar-refractivity contribution in [1.82, 2.24) is 20.1 Å². The first-order valence-corrected chi connectivity index (χ1v) is 8.34. The molecule has 0 spiro atoms. The fourth-order valence-corrected chi connectivity index (χ4v) is 4.20. The van der Waals surface area contributed by atoms with Gasteiger partial charge in [-0.05, 0) is 57.4 Å². The van der Waals surface area contributed by atoms with Crippen molar-refractivity contribution in [2.24, 2.45) is 17.8 Å². The number of fused-ring (bicyclic) bond motifs is 1. The lowest BCUT2D eigenvalue weighted by molar-refractivity contribution is 0.384. The zero-order valence-electron chi connectivity index (χ0n) is 13.0. The monoisotopic (exact) mass is 276 g/mol. The van der Waals surface area contributed by atoms with E-state index in [4.69, 9.17) is 0 Å². The Kier molecular flexibility index (Phi) is 4.11. The van der Waals surface area contributed by atoms with Crippen molar-refractivity contribution in [3.8, 4) is 0 Å². The van der Waals surface area contributed by atoms with Crippen LogP contribution in [-0.2, 0) is 6.42 Å². The summed E-state index contributed by atoms with van der Waals surface area (Å²) < 4.78 is 2.08. The van der Waals surface area contributed by atoms with Crippen molar-refractivity contribution in [1.29, 1.82) is 0 Å². The highest BCUT2D eigenvalue weighted by atomic mass is 15.3. The van der Waals surface area contributed by atoms with Gasteiger partial charge in [-0.3, -0.25) is 0 Å². The summed E-state index contributed by atoms with van der Waals surface area (Å²) in [6, 6.07) is 1.00. The minimum absolute atomic E-state index is 0.401. The molecule has 0 bridgehead atoms. The van der Waals surface area contributed by atoms with Gasteiger partial charge in [0.25, 0.3) is 0 Å². The molecule has 1 aromatic heterocycles. The SMILES string of the molecule is CCCNC(Cc1ncnn1C(C)C)C1C2CCCC21. The normalized spacial score (nSPS) is 29.7. The summed E-state index contributed by atoms with van der Waals surface area (Å²) in [5, 5.41) is 8.16. The molecule has 3 unspecified atom stereocenters. The van der Waals surface area contributed by atoms with Crippen LogP contribution in [0.2, 0.25) is 0 Å². The van der Waals surface area contributed by atoms with Crippen molar-refractivity contribution >= 4 is 0 Å².